The normalized spacial score (nSPS) is 10.8. The predicted octanol–water partition coefficient (Wildman–Crippen LogP) is 5.33. The Kier molecular flexibility index (Phi) is 3.34. The van der Waals surface area contributed by atoms with E-state index >= 15 is 0 Å². The van der Waals surface area contributed by atoms with Crippen molar-refractivity contribution in [2.75, 3.05) is 0 Å². The van der Waals surface area contributed by atoms with Crippen LogP contribution in [0.3, 0.4) is 0 Å². The van der Waals surface area contributed by atoms with Gasteiger partial charge in [-0.05, 0) is 53.8 Å². The van der Waals surface area contributed by atoms with Crippen LogP contribution in [0.4, 0.5) is 0 Å². The maximum absolute atomic E-state index is 11.4. The van der Waals surface area contributed by atoms with E-state index in [9.17, 15) is 4.79 Å². The second kappa shape index (κ2) is 5.17. The molecule has 0 amide bonds. The highest BCUT2D eigenvalue weighted by Crippen LogP contribution is 2.34. The zero-order chi connectivity index (χ0) is 15.0. The minimum atomic E-state index is 0.104. The molecular formula is C20H18O. The lowest BCUT2D eigenvalue weighted by Crippen LogP contribution is -1.93. The van der Waals surface area contributed by atoms with Gasteiger partial charge in [0, 0.05) is 5.56 Å². The molecule has 0 N–H and O–H groups in total. The number of aryl methyl sites for hydroxylation is 2. The summed E-state index contributed by atoms with van der Waals surface area (Å²) in [6.07, 6.45) is 0. The van der Waals surface area contributed by atoms with Crippen LogP contribution in [0.25, 0.3) is 21.9 Å². The van der Waals surface area contributed by atoms with Gasteiger partial charge in [0.25, 0.3) is 0 Å². The highest BCUT2D eigenvalue weighted by molar-refractivity contribution is 6.01. The number of ketones is 1. The van der Waals surface area contributed by atoms with Gasteiger partial charge >= 0.3 is 0 Å². The summed E-state index contributed by atoms with van der Waals surface area (Å²) in [6.45, 7) is 5.90. The SMILES string of the molecule is CC(=O)c1ccc(-c2c(C)cc(C)c3ccccc23)cc1. The van der Waals surface area contributed by atoms with Crippen LogP contribution in [-0.4, -0.2) is 5.78 Å². The molecular weight excluding hydrogens is 256 g/mol. The van der Waals surface area contributed by atoms with E-state index < -0.39 is 0 Å². The van der Waals surface area contributed by atoms with Crippen LogP contribution in [0.1, 0.15) is 28.4 Å². The predicted molar refractivity (Wildman–Crippen MR) is 88.9 cm³/mol. The summed E-state index contributed by atoms with van der Waals surface area (Å²) in [5.41, 5.74) is 5.74. The van der Waals surface area contributed by atoms with E-state index in [0.29, 0.717) is 0 Å². The van der Waals surface area contributed by atoms with Crippen molar-refractivity contribution in [3.05, 3.63) is 71.3 Å². The highest BCUT2D eigenvalue weighted by Gasteiger charge is 2.10. The quantitative estimate of drug-likeness (QED) is 0.577. The van der Waals surface area contributed by atoms with Gasteiger partial charge < -0.3 is 0 Å². The fraction of sp³-hybridized carbons (Fsp3) is 0.150. The molecule has 0 atom stereocenters. The topological polar surface area (TPSA) is 17.1 Å². The monoisotopic (exact) mass is 274 g/mol. The Morgan fingerprint density at radius 1 is 0.810 bits per heavy atom. The lowest BCUT2D eigenvalue weighted by molar-refractivity contribution is 0.101. The molecule has 1 heteroatoms. The molecule has 0 aromatic heterocycles. The molecule has 0 saturated heterocycles. The van der Waals surface area contributed by atoms with Gasteiger partial charge in [-0.3, -0.25) is 4.79 Å². The molecule has 0 unspecified atom stereocenters. The van der Waals surface area contributed by atoms with Crippen LogP contribution in [0.2, 0.25) is 0 Å². The summed E-state index contributed by atoms with van der Waals surface area (Å²) in [5.74, 6) is 0.104. The maximum atomic E-state index is 11.4. The van der Waals surface area contributed by atoms with Crippen molar-refractivity contribution in [1.29, 1.82) is 0 Å². The lowest BCUT2D eigenvalue weighted by Gasteiger charge is -2.13. The van der Waals surface area contributed by atoms with Crippen molar-refractivity contribution >= 4 is 16.6 Å². The van der Waals surface area contributed by atoms with Gasteiger partial charge in [0.15, 0.2) is 5.78 Å². The molecule has 3 aromatic carbocycles. The Morgan fingerprint density at radius 3 is 2.05 bits per heavy atom. The van der Waals surface area contributed by atoms with Crippen molar-refractivity contribution in [2.45, 2.75) is 20.8 Å². The smallest absolute Gasteiger partial charge is 0.159 e. The van der Waals surface area contributed by atoms with Crippen molar-refractivity contribution in [3.63, 3.8) is 0 Å². The largest absolute Gasteiger partial charge is 0.295 e. The van der Waals surface area contributed by atoms with Gasteiger partial charge in [0.05, 0.1) is 0 Å². The Morgan fingerprint density at radius 2 is 1.43 bits per heavy atom. The summed E-state index contributed by atoms with van der Waals surface area (Å²) in [7, 11) is 0. The summed E-state index contributed by atoms with van der Waals surface area (Å²) >= 11 is 0. The van der Waals surface area contributed by atoms with Crippen molar-refractivity contribution in [1.82, 2.24) is 0 Å². The van der Waals surface area contributed by atoms with E-state index in [1.807, 2.05) is 24.3 Å². The summed E-state index contributed by atoms with van der Waals surface area (Å²) in [5, 5.41) is 2.55. The molecule has 3 rings (SSSR count). The van der Waals surface area contributed by atoms with Crippen molar-refractivity contribution in [2.24, 2.45) is 0 Å². The fourth-order valence-corrected chi connectivity index (χ4v) is 2.99. The molecule has 0 saturated carbocycles. The van der Waals surface area contributed by atoms with Crippen LogP contribution >= 0.6 is 0 Å². The Balaban J connectivity index is 2.27. The fourth-order valence-electron chi connectivity index (χ4n) is 2.99. The second-order valence-corrected chi connectivity index (χ2v) is 5.56. The lowest BCUT2D eigenvalue weighted by atomic mass is 9.91. The van der Waals surface area contributed by atoms with E-state index in [2.05, 4.69) is 44.2 Å². The molecule has 0 aliphatic heterocycles. The molecule has 0 aliphatic carbocycles. The second-order valence-electron chi connectivity index (χ2n) is 5.56. The first-order valence-electron chi connectivity index (χ1n) is 7.18. The van der Waals surface area contributed by atoms with Crippen LogP contribution in [0.15, 0.2) is 54.6 Å². The average molecular weight is 274 g/mol. The number of hydrogen-bond donors (Lipinski definition) is 0. The van der Waals surface area contributed by atoms with Gasteiger partial charge in [-0.15, -0.1) is 0 Å². The summed E-state index contributed by atoms with van der Waals surface area (Å²) in [4.78, 5) is 11.4. The van der Waals surface area contributed by atoms with E-state index in [-0.39, 0.29) is 5.78 Å². The first-order chi connectivity index (χ1) is 10.1. The Labute approximate surface area is 125 Å². The molecule has 0 aliphatic rings. The highest BCUT2D eigenvalue weighted by atomic mass is 16.1. The van der Waals surface area contributed by atoms with Gasteiger partial charge in [0.1, 0.15) is 0 Å². The Bertz CT molecular complexity index is 826. The molecule has 0 radical (unpaired) electrons. The van der Waals surface area contributed by atoms with Crippen LogP contribution in [0, 0.1) is 13.8 Å². The third kappa shape index (κ3) is 2.36. The molecule has 1 nitrogen and oxygen atoms in total. The number of fused-ring (bicyclic) bond motifs is 1. The number of hydrogen-bond acceptors (Lipinski definition) is 1. The number of carbonyl (C=O) groups excluding carboxylic acids is 1. The molecule has 0 spiro atoms. The molecule has 0 fully saturated rings. The number of Topliss-reactive ketones (excluding diaryl/α,β-unsaturated/α-hetero) is 1. The molecule has 104 valence electrons. The van der Waals surface area contributed by atoms with Crippen molar-refractivity contribution in [3.8, 4) is 11.1 Å². The van der Waals surface area contributed by atoms with Crippen LogP contribution < -0.4 is 0 Å². The first-order valence-corrected chi connectivity index (χ1v) is 7.18. The van der Waals surface area contributed by atoms with E-state index in [1.165, 1.54) is 27.5 Å². The maximum Gasteiger partial charge on any atom is 0.159 e. The van der Waals surface area contributed by atoms with E-state index in [4.69, 9.17) is 0 Å². The molecule has 0 heterocycles. The number of rotatable bonds is 2. The first kappa shape index (κ1) is 13.6. The molecule has 3 aromatic rings. The van der Waals surface area contributed by atoms with Crippen LogP contribution in [0.5, 0.6) is 0 Å². The Hall–Kier alpha value is -2.41. The van der Waals surface area contributed by atoms with Gasteiger partial charge in [-0.25, -0.2) is 0 Å². The average Bonchev–Trinajstić information content (AvgIpc) is 2.48. The molecule has 21 heavy (non-hydrogen) atoms. The third-order valence-corrected chi connectivity index (χ3v) is 4.03. The minimum absolute atomic E-state index is 0.104. The molecule has 0 bridgehead atoms. The van der Waals surface area contributed by atoms with Gasteiger partial charge in [-0.2, -0.15) is 0 Å². The number of carbonyl (C=O) groups is 1. The van der Waals surface area contributed by atoms with Crippen molar-refractivity contribution < 1.29 is 4.79 Å². The zero-order valence-corrected chi connectivity index (χ0v) is 12.6. The van der Waals surface area contributed by atoms with E-state index in [0.717, 1.165) is 11.1 Å². The third-order valence-electron chi connectivity index (χ3n) is 4.03. The zero-order valence-electron chi connectivity index (χ0n) is 12.6. The number of benzene rings is 3. The standard InChI is InChI=1S/C20H18O/c1-13-12-14(2)20(19-7-5-4-6-18(13)19)17-10-8-16(9-11-17)15(3)21/h4-12H,1-3H3. The summed E-state index contributed by atoms with van der Waals surface area (Å²) in [6, 6.07) is 18.6. The van der Waals surface area contributed by atoms with Gasteiger partial charge in [0.2, 0.25) is 0 Å². The van der Waals surface area contributed by atoms with Crippen LogP contribution in [-0.2, 0) is 0 Å². The van der Waals surface area contributed by atoms with E-state index in [1.54, 1.807) is 6.92 Å². The minimum Gasteiger partial charge on any atom is -0.295 e. The van der Waals surface area contributed by atoms with Gasteiger partial charge in [-0.1, -0.05) is 54.6 Å². The summed E-state index contributed by atoms with van der Waals surface area (Å²) < 4.78 is 0.